The zero-order valence-electron chi connectivity index (χ0n) is 6.94. The molecule has 0 saturated heterocycles. The minimum atomic E-state index is -1.69. The van der Waals surface area contributed by atoms with Gasteiger partial charge in [-0.15, -0.1) is 0 Å². The molecule has 80 valence electrons. The Labute approximate surface area is 78.4 Å². The standard InChI is InChI=1S/C7H10O7/c8-3-1-2(7(11)12)6(14-13)5(10)4(3)9/h1,3-6,8-10,13H,(H,11,12)/t3-,4?,5?,6+/m1/s1. The highest BCUT2D eigenvalue weighted by atomic mass is 17.1. The van der Waals surface area contributed by atoms with Gasteiger partial charge in [-0.1, -0.05) is 0 Å². The first-order valence-electron chi connectivity index (χ1n) is 3.78. The maximum absolute atomic E-state index is 10.6. The highest BCUT2D eigenvalue weighted by Crippen LogP contribution is 2.22. The number of carboxylic acid groups (broad SMARTS) is 1. The van der Waals surface area contributed by atoms with Crippen molar-refractivity contribution in [3.8, 4) is 0 Å². The maximum Gasteiger partial charge on any atom is 0.334 e. The fourth-order valence-corrected chi connectivity index (χ4v) is 1.25. The number of aliphatic carboxylic acids is 1. The molecule has 1 rings (SSSR count). The van der Waals surface area contributed by atoms with Gasteiger partial charge in [0.25, 0.3) is 0 Å². The summed E-state index contributed by atoms with van der Waals surface area (Å²) in [7, 11) is 0. The van der Waals surface area contributed by atoms with Crippen LogP contribution in [-0.2, 0) is 9.68 Å². The summed E-state index contributed by atoms with van der Waals surface area (Å²) in [6.45, 7) is 0. The van der Waals surface area contributed by atoms with E-state index in [0.29, 0.717) is 0 Å². The number of aliphatic hydroxyl groups is 3. The molecule has 0 saturated carbocycles. The molecule has 7 nitrogen and oxygen atoms in total. The zero-order valence-corrected chi connectivity index (χ0v) is 6.94. The minimum absolute atomic E-state index is 0.502. The van der Waals surface area contributed by atoms with Crippen LogP contribution in [0, 0.1) is 0 Å². The maximum atomic E-state index is 10.6. The second kappa shape index (κ2) is 4.03. The predicted molar refractivity (Wildman–Crippen MR) is 41.2 cm³/mol. The summed E-state index contributed by atoms with van der Waals surface area (Å²) in [5.41, 5.74) is -0.502. The molecule has 0 spiro atoms. The summed E-state index contributed by atoms with van der Waals surface area (Å²) < 4.78 is 0. The molecular formula is C7H10O7. The van der Waals surface area contributed by atoms with Crippen molar-refractivity contribution in [3.63, 3.8) is 0 Å². The molecule has 0 aromatic heterocycles. The Morgan fingerprint density at radius 3 is 2.29 bits per heavy atom. The summed E-state index contributed by atoms with van der Waals surface area (Å²) in [5, 5.41) is 44.4. The van der Waals surface area contributed by atoms with Crippen LogP contribution < -0.4 is 0 Å². The van der Waals surface area contributed by atoms with Crippen LogP contribution in [0.3, 0.4) is 0 Å². The Morgan fingerprint density at radius 2 is 1.86 bits per heavy atom. The SMILES string of the molecule is O=C(O)C1=C[C@@H](O)C(O)C(O)[C@H]1OO. The van der Waals surface area contributed by atoms with Gasteiger partial charge in [-0.3, -0.25) is 5.26 Å². The third kappa shape index (κ3) is 1.76. The van der Waals surface area contributed by atoms with Crippen LogP contribution in [0.4, 0.5) is 0 Å². The monoisotopic (exact) mass is 206 g/mol. The third-order valence-electron chi connectivity index (χ3n) is 2.03. The largest absolute Gasteiger partial charge is 0.478 e. The quantitative estimate of drug-likeness (QED) is 0.260. The number of carbonyl (C=O) groups is 1. The molecule has 2 unspecified atom stereocenters. The molecule has 0 heterocycles. The number of hydrogen-bond donors (Lipinski definition) is 5. The smallest absolute Gasteiger partial charge is 0.334 e. The van der Waals surface area contributed by atoms with Gasteiger partial charge in [0.1, 0.15) is 18.3 Å². The lowest BCUT2D eigenvalue weighted by molar-refractivity contribution is -0.297. The topological polar surface area (TPSA) is 127 Å². The number of rotatable bonds is 2. The number of aliphatic hydroxyl groups excluding tert-OH is 3. The van der Waals surface area contributed by atoms with E-state index in [1.54, 1.807) is 0 Å². The van der Waals surface area contributed by atoms with Gasteiger partial charge in [0.15, 0.2) is 6.10 Å². The number of hydrogen-bond acceptors (Lipinski definition) is 6. The Morgan fingerprint density at radius 1 is 1.29 bits per heavy atom. The van der Waals surface area contributed by atoms with Crippen molar-refractivity contribution in [3.05, 3.63) is 11.6 Å². The molecule has 0 aromatic rings. The summed E-state index contributed by atoms with van der Waals surface area (Å²) in [5.74, 6) is -1.45. The molecule has 0 fully saturated rings. The molecule has 5 N–H and O–H groups in total. The van der Waals surface area contributed by atoms with E-state index in [-0.39, 0.29) is 0 Å². The molecule has 0 aliphatic heterocycles. The molecule has 7 heteroatoms. The summed E-state index contributed by atoms with van der Waals surface area (Å²) in [6.07, 6.45) is -5.53. The van der Waals surface area contributed by atoms with Crippen LogP contribution >= 0.6 is 0 Å². The molecule has 0 amide bonds. The average molecular weight is 206 g/mol. The van der Waals surface area contributed by atoms with Gasteiger partial charge in [-0.05, 0) is 6.08 Å². The highest BCUT2D eigenvalue weighted by Gasteiger charge is 2.41. The lowest BCUT2D eigenvalue weighted by Crippen LogP contribution is -2.50. The molecule has 0 radical (unpaired) electrons. The fourth-order valence-electron chi connectivity index (χ4n) is 1.25. The van der Waals surface area contributed by atoms with Gasteiger partial charge < -0.3 is 20.4 Å². The van der Waals surface area contributed by atoms with Gasteiger partial charge in [0.05, 0.1) is 5.57 Å². The van der Waals surface area contributed by atoms with E-state index in [9.17, 15) is 9.90 Å². The summed E-state index contributed by atoms with van der Waals surface area (Å²) in [4.78, 5) is 14.3. The van der Waals surface area contributed by atoms with Gasteiger partial charge in [-0.25, -0.2) is 9.68 Å². The van der Waals surface area contributed by atoms with Crippen molar-refractivity contribution < 1.29 is 35.4 Å². The van der Waals surface area contributed by atoms with Crippen molar-refractivity contribution in [2.75, 3.05) is 0 Å². The first-order chi connectivity index (χ1) is 6.49. The van der Waals surface area contributed by atoms with Gasteiger partial charge >= 0.3 is 5.97 Å². The molecule has 14 heavy (non-hydrogen) atoms. The summed E-state index contributed by atoms with van der Waals surface area (Å²) in [6, 6.07) is 0. The van der Waals surface area contributed by atoms with E-state index in [4.69, 9.17) is 20.6 Å². The lowest BCUT2D eigenvalue weighted by Gasteiger charge is -2.31. The molecule has 1 aliphatic rings. The van der Waals surface area contributed by atoms with Crippen LogP contribution in [0.2, 0.25) is 0 Å². The van der Waals surface area contributed by atoms with Crippen LogP contribution in [0.1, 0.15) is 0 Å². The Kier molecular flexibility index (Phi) is 3.19. The average Bonchev–Trinajstić information content (AvgIpc) is 2.13. The van der Waals surface area contributed by atoms with E-state index in [1.807, 2.05) is 0 Å². The molecule has 0 bridgehead atoms. The summed E-state index contributed by atoms with van der Waals surface area (Å²) >= 11 is 0. The van der Waals surface area contributed by atoms with Crippen molar-refractivity contribution in [2.24, 2.45) is 0 Å². The van der Waals surface area contributed by atoms with Crippen molar-refractivity contribution in [1.82, 2.24) is 0 Å². The van der Waals surface area contributed by atoms with Crippen LogP contribution in [0.25, 0.3) is 0 Å². The van der Waals surface area contributed by atoms with Crippen LogP contribution in [0.15, 0.2) is 11.6 Å². The van der Waals surface area contributed by atoms with Crippen LogP contribution in [-0.4, -0.2) is 56.1 Å². The first-order valence-corrected chi connectivity index (χ1v) is 3.78. The number of carboxylic acids is 1. The van der Waals surface area contributed by atoms with E-state index in [2.05, 4.69) is 4.89 Å². The van der Waals surface area contributed by atoms with Crippen molar-refractivity contribution in [2.45, 2.75) is 24.4 Å². The van der Waals surface area contributed by atoms with Gasteiger partial charge in [0, 0.05) is 0 Å². The van der Waals surface area contributed by atoms with Gasteiger partial charge in [0.2, 0.25) is 0 Å². The fraction of sp³-hybridized carbons (Fsp3) is 0.571. The van der Waals surface area contributed by atoms with E-state index in [1.165, 1.54) is 0 Å². The molecule has 1 aliphatic carbocycles. The molecule has 4 atom stereocenters. The lowest BCUT2D eigenvalue weighted by atomic mass is 9.89. The third-order valence-corrected chi connectivity index (χ3v) is 2.03. The van der Waals surface area contributed by atoms with Gasteiger partial charge in [-0.2, -0.15) is 0 Å². The zero-order chi connectivity index (χ0) is 10.9. The van der Waals surface area contributed by atoms with Crippen molar-refractivity contribution in [1.29, 1.82) is 0 Å². The van der Waals surface area contributed by atoms with E-state index in [0.717, 1.165) is 6.08 Å². The Bertz CT molecular complexity index is 261. The second-order valence-corrected chi connectivity index (χ2v) is 2.92. The molecule has 0 aromatic carbocycles. The van der Waals surface area contributed by atoms with E-state index >= 15 is 0 Å². The molecular weight excluding hydrogens is 196 g/mol. The second-order valence-electron chi connectivity index (χ2n) is 2.92. The Hall–Kier alpha value is -0.990. The highest BCUT2D eigenvalue weighted by molar-refractivity contribution is 5.88. The van der Waals surface area contributed by atoms with Crippen LogP contribution in [0.5, 0.6) is 0 Å². The predicted octanol–water partition coefficient (Wildman–Crippen LogP) is -2.05. The Balaban J connectivity index is 3.01. The first kappa shape index (κ1) is 11.1. The van der Waals surface area contributed by atoms with Crippen molar-refractivity contribution >= 4 is 5.97 Å². The van der Waals surface area contributed by atoms with E-state index < -0.39 is 36.0 Å². The normalized spacial score (nSPS) is 37.9. The minimum Gasteiger partial charge on any atom is -0.478 e.